The molecule has 0 bridgehead atoms. The lowest BCUT2D eigenvalue weighted by Crippen LogP contribution is -2.11. The van der Waals surface area contributed by atoms with Crippen molar-refractivity contribution in [1.82, 2.24) is 0 Å². The van der Waals surface area contributed by atoms with Gasteiger partial charge in [-0.1, -0.05) is 30.1 Å². The van der Waals surface area contributed by atoms with Crippen LogP contribution in [0.25, 0.3) is 0 Å². The minimum Gasteiger partial charge on any atom is -0.384 e. The van der Waals surface area contributed by atoms with E-state index in [4.69, 9.17) is 27.9 Å². The molecule has 0 saturated heterocycles. The highest BCUT2D eigenvalue weighted by Gasteiger charge is 2.14. The molecule has 0 aliphatic heterocycles. The monoisotopic (exact) mass is 260 g/mol. The largest absolute Gasteiger partial charge is 0.384 e. The molecule has 4 heteroatoms. The van der Waals surface area contributed by atoms with Crippen LogP contribution >= 0.6 is 23.2 Å². The van der Waals surface area contributed by atoms with Crippen LogP contribution in [0.4, 0.5) is 0 Å². The van der Waals surface area contributed by atoms with Gasteiger partial charge in [-0.25, -0.2) is 0 Å². The number of carbonyl (C=O) groups is 1. The van der Waals surface area contributed by atoms with Crippen molar-refractivity contribution in [3.8, 4) is 0 Å². The molecule has 0 aromatic heterocycles. The maximum absolute atomic E-state index is 11.9. The third-order valence-electron chi connectivity index (χ3n) is 2.21. The molecule has 1 unspecified atom stereocenters. The van der Waals surface area contributed by atoms with Gasteiger partial charge in [0.1, 0.15) is 0 Å². The Bertz CT molecular complexity index is 377. The molecule has 0 aliphatic rings. The number of ketones is 1. The SMILES string of the molecule is COCC(C)CC(=O)c1cc(Cl)ccc1Cl. The van der Waals surface area contributed by atoms with E-state index in [1.54, 1.807) is 25.3 Å². The lowest BCUT2D eigenvalue weighted by Gasteiger charge is -2.10. The van der Waals surface area contributed by atoms with Crippen LogP contribution in [0.5, 0.6) is 0 Å². The van der Waals surface area contributed by atoms with Gasteiger partial charge in [-0.2, -0.15) is 0 Å². The van der Waals surface area contributed by atoms with Gasteiger partial charge in [-0.05, 0) is 24.1 Å². The fourth-order valence-electron chi connectivity index (χ4n) is 1.48. The molecule has 0 fully saturated rings. The van der Waals surface area contributed by atoms with Crippen molar-refractivity contribution in [3.63, 3.8) is 0 Å². The van der Waals surface area contributed by atoms with E-state index in [1.807, 2.05) is 6.92 Å². The Morgan fingerprint density at radius 2 is 2.12 bits per heavy atom. The van der Waals surface area contributed by atoms with E-state index >= 15 is 0 Å². The molecule has 1 aromatic rings. The van der Waals surface area contributed by atoms with Crippen molar-refractivity contribution >= 4 is 29.0 Å². The summed E-state index contributed by atoms with van der Waals surface area (Å²) in [7, 11) is 1.62. The first-order valence-corrected chi connectivity index (χ1v) is 5.77. The first kappa shape index (κ1) is 13.5. The normalized spacial score (nSPS) is 12.5. The van der Waals surface area contributed by atoms with Crippen LogP contribution in [0.15, 0.2) is 18.2 Å². The van der Waals surface area contributed by atoms with Crippen molar-refractivity contribution in [3.05, 3.63) is 33.8 Å². The number of carbonyl (C=O) groups excluding carboxylic acids is 1. The van der Waals surface area contributed by atoms with E-state index in [0.717, 1.165) is 0 Å². The summed E-state index contributed by atoms with van der Waals surface area (Å²) in [6.07, 6.45) is 0.411. The molecule has 1 aromatic carbocycles. The maximum atomic E-state index is 11.9. The summed E-state index contributed by atoms with van der Waals surface area (Å²) >= 11 is 11.8. The molecular formula is C12H14Cl2O2. The minimum absolute atomic E-state index is 0.00273. The predicted molar refractivity (Wildman–Crippen MR) is 66.4 cm³/mol. The van der Waals surface area contributed by atoms with Gasteiger partial charge in [0.05, 0.1) is 5.02 Å². The van der Waals surface area contributed by atoms with Crippen LogP contribution < -0.4 is 0 Å². The average molecular weight is 261 g/mol. The maximum Gasteiger partial charge on any atom is 0.164 e. The van der Waals surface area contributed by atoms with E-state index in [2.05, 4.69) is 0 Å². The molecule has 1 rings (SSSR count). The quantitative estimate of drug-likeness (QED) is 0.752. The Balaban J connectivity index is 2.76. The number of methoxy groups -OCH3 is 1. The zero-order valence-electron chi connectivity index (χ0n) is 9.30. The van der Waals surface area contributed by atoms with Gasteiger partial charge in [0.25, 0.3) is 0 Å². The fourth-order valence-corrected chi connectivity index (χ4v) is 1.88. The van der Waals surface area contributed by atoms with Crippen LogP contribution in [0.2, 0.25) is 10.0 Å². The molecule has 88 valence electrons. The average Bonchev–Trinajstić information content (AvgIpc) is 2.21. The van der Waals surface area contributed by atoms with Gasteiger partial charge in [-0.15, -0.1) is 0 Å². The molecule has 1 atom stereocenters. The number of rotatable bonds is 5. The molecule has 0 amide bonds. The van der Waals surface area contributed by atoms with Crippen molar-refractivity contribution in [2.24, 2.45) is 5.92 Å². The summed E-state index contributed by atoms with van der Waals surface area (Å²) in [5, 5.41) is 0.964. The van der Waals surface area contributed by atoms with Crippen molar-refractivity contribution < 1.29 is 9.53 Å². The fraction of sp³-hybridized carbons (Fsp3) is 0.417. The lowest BCUT2D eigenvalue weighted by molar-refractivity contribution is 0.0920. The van der Waals surface area contributed by atoms with Gasteiger partial charge in [0.15, 0.2) is 5.78 Å². The Morgan fingerprint density at radius 3 is 2.75 bits per heavy atom. The van der Waals surface area contributed by atoms with Crippen LogP contribution in [-0.4, -0.2) is 19.5 Å². The molecular weight excluding hydrogens is 247 g/mol. The second kappa shape index (κ2) is 6.24. The van der Waals surface area contributed by atoms with Gasteiger partial charge in [0.2, 0.25) is 0 Å². The smallest absolute Gasteiger partial charge is 0.164 e. The molecule has 2 nitrogen and oxygen atoms in total. The van der Waals surface area contributed by atoms with Gasteiger partial charge >= 0.3 is 0 Å². The topological polar surface area (TPSA) is 26.3 Å². The molecule has 0 saturated carbocycles. The number of benzene rings is 1. The minimum atomic E-state index is -0.00273. The molecule has 0 heterocycles. The Labute approximate surface area is 106 Å². The first-order valence-electron chi connectivity index (χ1n) is 5.01. The second-order valence-electron chi connectivity index (χ2n) is 3.81. The molecule has 0 radical (unpaired) electrons. The highest BCUT2D eigenvalue weighted by molar-refractivity contribution is 6.35. The predicted octanol–water partition coefficient (Wildman–Crippen LogP) is 3.85. The number of Topliss-reactive ketones (excluding diaryl/α,β-unsaturated/α-hetero) is 1. The summed E-state index contributed by atoms with van der Waals surface area (Å²) in [5.74, 6) is 0.171. The summed E-state index contributed by atoms with van der Waals surface area (Å²) < 4.78 is 4.98. The highest BCUT2D eigenvalue weighted by atomic mass is 35.5. The zero-order valence-corrected chi connectivity index (χ0v) is 10.8. The third-order valence-corrected chi connectivity index (χ3v) is 2.78. The summed E-state index contributed by atoms with van der Waals surface area (Å²) in [6, 6.07) is 4.91. The zero-order chi connectivity index (χ0) is 12.1. The molecule has 16 heavy (non-hydrogen) atoms. The van der Waals surface area contributed by atoms with E-state index in [1.165, 1.54) is 0 Å². The molecule has 0 aliphatic carbocycles. The van der Waals surface area contributed by atoms with E-state index in [-0.39, 0.29) is 11.7 Å². The third kappa shape index (κ3) is 3.78. The Kier molecular flexibility index (Phi) is 5.26. The van der Waals surface area contributed by atoms with E-state index in [0.29, 0.717) is 28.6 Å². The van der Waals surface area contributed by atoms with Crippen molar-refractivity contribution in [1.29, 1.82) is 0 Å². The van der Waals surface area contributed by atoms with E-state index < -0.39 is 0 Å². The highest BCUT2D eigenvalue weighted by Crippen LogP contribution is 2.23. The summed E-state index contributed by atoms with van der Waals surface area (Å²) in [5.41, 5.74) is 0.483. The standard InChI is InChI=1S/C12H14Cl2O2/c1-8(7-16-2)5-12(15)10-6-9(13)3-4-11(10)14/h3-4,6,8H,5,7H2,1-2H3. The Hall–Kier alpha value is -0.570. The van der Waals surface area contributed by atoms with Gasteiger partial charge < -0.3 is 4.74 Å². The number of hydrogen-bond donors (Lipinski definition) is 0. The Morgan fingerprint density at radius 1 is 1.44 bits per heavy atom. The van der Waals surface area contributed by atoms with Crippen LogP contribution in [0.3, 0.4) is 0 Å². The van der Waals surface area contributed by atoms with Crippen LogP contribution in [-0.2, 0) is 4.74 Å². The van der Waals surface area contributed by atoms with Crippen LogP contribution in [0.1, 0.15) is 23.7 Å². The van der Waals surface area contributed by atoms with Gasteiger partial charge in [-0.3, -0.25) is 4.79 Å². The first-order chi connectivity index (χ1) is 7.54. The van der Waals surface area contributed by atoms with Crippen molar-refractivity contribution in [2.75, 3.05) is 13.7 Å². The number of hydrogen-bond acceptors (Lipinski definition) is 2. The second-order valence-corrected chi connectivity index (χ2v) is 4.66. The van der Waals surface area contributed by atoms with Crippen LogP contribution in [0, 0.1) is 5.92 Å². The summed E-state index contributed by atoms with van der Waals surface area (Å²) in [6.45, 7) is 2.52. The summed E-state index contributed by atoms with van der Waals surface area (Å²) in [4.78, 5) is 11.9. The number of ether oxygens (including phenoxy) is 1. The lowest BCUT2D eigenvalue weighted by atomic mass is 10.0. The van der Waals surface area contributed by atoms with E-state index in [9.17, 15) is 4.79 Å². The molecule has 0 N–H and O–H groups in total. The van der Waals surface area contributed by atoms with Gasteiger partial charge in [0, 0.05) is 30.7 Å². The molecule has 0 spiro atoms. The number of halogens is 2. The van der Waals surface area contributed by atoms with Crippen molar-refractivity contribution in [2.45, 2.75) is 13.3 Å².